The molecule has 1 heterocycles. The summed E-state index contributed by atoms with van der Waals surface area (Å²) < 4.78 is 31.8. The Labute approximate surface area is 127 Å². The number of hydrogen-bond acceptors (Lipinski definition) is 4. The molecule has 0 aliphatic heterocycles. The molecule has 0 radical (unpaired) electrons. The first-order valence-corrected chi connectivity index (χ1v) is 7.97. The fourth-order valence-corrected chi connectivity index (χ4v) is 3.88. The molecule has 0 saturated carbocycles. The molecule has 0 bridgehead atoms. The Morgan fingerprint density at radius 3 is 2.41 bits per heavy atom. The molecule has 0 unspecified atom stereocenters. The summed E-state index contributed by atoms with van der Waals surface area (Å²) in [6.07, 6.45) is 0.535. The minimum absolute atomic E-state index is 0.0760. The number of carbonyl (C=O) groups is 1. The number of aromatic nitrogens is 1. The van der Waals surface area contributed by atoms with Crippen LogP contribution in [0.3, 0.4) is 0 Å². The van der Waals surface area contributed by atoms with E-state index in [1.54, 1.807) is 36.4 Å². The molecule has 0 saturated heterocycles. The van der Waals surface area contributed by atoms with E-state index in [2.05, 4.69) is 0 Å². The molecule has 0 N–H and O–H groups in total. The van der Waals surface area contributed by atoms with E-state index in [-0.39, 0.29) is 10.6 Å². The topological polar surface area (TPSA) is 65.4 Å². The predicted molar refractivity (Wildman–Crippen MR) is 82.9 cm³/mol. The van der Waals surface area contributed by atoms with Gasteiger partial charge in [0.2, 0.25) is 0 Å². The van der Waals surface area contributed by atoms with Crippen LogP contribution < -0.4 is 4.74 Å². The van der Waals surface area contributed by atoms with Crippen LogP contribution in [-0.4, -0.2) is 25.8 Å². The van der Waals surface area contributed by atoms with Crippen molar-refractivity contribution in [1.29, 1.82) is 0 Å². The first kappa shape index (κ1) is 14.3. The molecule has 0 aliphatic carbocycles. The van der Waals surface area contributed by atoms with Gasteiger partial charge in [-0.05, 0) is 36.4 Å². The van der Waals surface area contributed by atoms with Crippen molar-refractivity contribution >= 4 is 27.2 Å². The molecular weight excluding hydrogens is 302 g/mol. The standard InChI is InChI=1S/C16H13NO4S/c1-21-14-7-8-16-12(10-14)9-13(11-18)17(16)22(19,20)15-5-3-2-4-6-15/h2-11H,1H3. The Kier molecular flexibility index (Phi) is 3.46. The molecule has 2 aromatic carbocycles. The highest BCUT2D eigenvalue weighted by Crippen LogP contribution is 2.27. The number of carbonyl (C=O) groups excluding carboxylic acids is 1. The lowest BCUT2D eigenvalue weighted by atomic mass is 10.2. The van der Waals surface area contributed by atoms with E-state index in [0.29, 0.717) is 22.9 Å². The number of nitrogens with zero attached hydrogens (tertiary/aromatic N) is 1. The Hall–Kier alpha value is -2.60. The molecule has 1 aromatic heterocycles. The molecule has 22 heavy (non-hydrogen) atoms. The van der Waals surface area contributed by atoms with Crippen molar-refractivity contribution in [2.24, 2.45) is 0 Å². The van der Waals surface area contributed by atoms with Crippen molar-refractivity contribution in [3.8, 4) is 5.75 Å². The fourth-order valence-electron chi connectivity index (χ4n) is 2.37. The minimum Gasteiger partial charge on any atom is -0.497 e. The molecule has 3 rings (SSSR count). The monoisotopic (exact) mass is 315 g/mol. The van der Waals surface area contributed by atoms with E-state index in [9.17, 15) is 13.2 Å². The summed E-state index contributed by atoms with van der Waals surface area (Å²) in [5.74, 6) is 0.596. The van der Waals surface area contributed by atoms with E-state index in [1.807, 2.05) is 0 Å². The van der Waals surface area contributed by atoms with Gasteiger partial charge in [-0.25, -0.2) is 12.4 Å². The second-order valence-electron chi connectivity index (χ2n) is 4.69. The summed E-state index contributed by atoms with van der Waals surface area (Å²) in [5, 5.41) is 0.626. The third-order valence-electron chi connectivity index (χ3n) is 3.39. The van der Waals surface area contributed by atoms with Crippen molar-refractivity contribution in [3.05, 3.63) is 60.3 Å². The van der Waals surface area contributed by atoms with Crippen LogP contribution in [0.2, 0.25) is 0 Å². The van der Waals surface area contributed by atoms with Gasteiger partial charge in [-0.3, -0.25) is 4.79 Å². The number of benzene rings is 2. The van der Waals surface area contributed by atoms with Crippen molar-refractivity contribution < 1.29 is 17.9 Å². The van der Waals surface area contributed by atoms with Gasteiger partial charge in [0, 0.05) is 5.39 Å². The zero-order valence-electron chi connectivity index (χ0n) is 11.8. The van der Waals surface area contributed by atoms with Crippen LogP contribution in [0.5, 0.6) is 5.75 Å². The van der Waals surface area contributed by atoms with Crippen molar-refractivity contribution in [2.75, 3.05) is 7.11 Å². The fraction of sp³-hybridized carbons (Fsp3) is 0.0625. The van der Waals surface area contributed by atoms with Gasteiger partial charge in [-0.2, -0.15) is 0 Å². The molecule has 0 aliphatic rings. The zero-order valence-corrected chi connectivity index (χ0v) is 12.6. The average Bonchev–Trinajstić information content (AvgIpc) is 2.93. The summed E-state index contributed by atoms with van der Waals surface area (Å²) in [6.45, 7) is 0. The lowest BCUT2D eigenvalue weighted by molar-refractivity contribution is 0.111. The summed E-state index contributed by atoms with van der Waals surface area (Å²) in [7, 11) is -2.31. The van der Waals surface area contributed by atoms with Crippen LogP contribution in [0, 0.1) is 0 Å². The molecule has 3 aromatic rings. The number of fused-ring (bicyclic) bond motifs is 1. The smallest absolute Gasteiger partial charge is 0.268 e. The molecular formula is C16H13NO4S. The summed E-state index contributed by atoms with van der Waals surface area (Å²) in [6, 6.07) is 14.5. The van der Waals surface area contributed by atoms with Gasteiger partial charge in [-0.15, -0.1) is 0 Å². The third-order valence-corrected chi connectivity index (χ3v) is 5.15. The van der Waals surface area contributed by atoms with E-state index >= 15 is 0 Å². The van der Waals surface area contributed by atoms with Crippen molar-refractivity contribution in [2.45, 2.75) is 4.90 Å². The van der Waals surface area contributed by atoms with Crippen LogP contribution in [0.15, 0.2) is 59.5 Å². The van der Waals surface area contributed by atoms with E-state index < -0.39 is 10.0 Å². The van der Waals surface area contributed by atoms with Gasteiger partial charge in [0.25, 0.3) is 10.0 Å². The number of ether oxygens (including phenoxy) is 1. The Morgan fingerprint density at radius 1 is 1.05 bits per heavy atom. The van der Waals surface area contributed by atoms with Gasteiger partial charge in [0.1, 0.15) is 5.75 Å². The Balaban J connectivity index is 2.32. The molecule has 6 heteroatoms. The van der Waals surface area contributed by atoms with E-state index in [4.69, 9.17) is 4.74 Å². The maximum Gasteiger partial charge on any atom is 0.268 e. The second-order valence-corrected chi connectivity index (χ2v) is 6.48. The number of methoxy groups -OCH3 is 1. The number of aldehydes is 1. The second kappa shape index (κ2) is 5.31. The van der Waals surface area contributed by atoms with E-state index in [1.165, 1.54) is 25.3 Å². The zero-order chi connectivity index (χ0) is 15.7. The van der Waals surface area contributed by atoms with Crippen LogP contribution >= 0.6 is 0 Å². The summed E-state index contributed by atoms with van der Waals surface area (Å²) in [5.41, 5.74) is 0.513. The molecule has 5 nitrogen and oxygen atoms in total. The minimum atomic E-state index is -3.84. The predicted octanol–water partition coefficient (Wildman–Crippen LogP) is 2.70. The van der Waals surface area contributed by atoms with Crippen LogP contribution in [0.1, 0.15) is 10.5 Å². The van der Waals surface area contributed by atoms with Crippen LogP contribution in [-0.2, 0) is 10.0 Å². The maximum absolute atomic E-state index is 12.8. The van der Waals surface area contributed by atoms with E-state index in [0.717, 1.165) is 3.97 Å². The maximum atomic E-state index is 12.8. The first-order valence-electron chi connectivity index (χ1n) is 6.53. The normalized spacial score (nSPS) is 11.5. The molecule has 0 amide bonds. The van der Waals surface area contributed by atoms with Gasteiger partial charge in [0.05, 0.1) is 23.2 Å². The summed E-state index contributed by atoms with van der Waals surface area (Å²) in [4.78, 5) is 11.4. The Morgan fingerprint density at radius 2 is 1.77 bits per heavy atom. The number of rotatable bonds is 4. The highest BCUT2D eigenvalue weighted by Gasteiger charge is 2.22. The molecule has 0 spiro atoms. The largest absolute Gasteiger partial charge is 0.497 e. The molecule has 112 valence electrons. The quantitative estimate of drug-likeness (QED) is 0.694. The lowest BCUT2D eigenvalue weighted by Gasteiger charge is -2.09. The van der Waals surface area contributed by atoms with Gasteiger partial charge in [0.15, 0.2) is 6.29 Å². The Bertz CT molecular complexity index is 943. The van der Waals surface area contributed by atoms with Crippen molar-refractivity contribution in [3.63, 3.8) is 0 Å². The van der Waals surface area contributed by atoms with Crippen molar-refractivity contribution in [1.82, 2.24) is 3.97 Å². The first-order chi connectivity index (χ1) is 10.6. The SMILES string of the molecule is COc1ccc2c(c1)cc(C=O)n2S(=O)(=O)c1ccccc1. The highest BCUT2D eigenvalue weighted by atomic mass is 32.2. The van der Waals surface area contributed by atoms with Gasteiger partial charge < -0.3 is 4.74 Å². The van der Waals surface area contributed by atoms with Gasteiger partial charge >= 0.3 is 0 Å². The molecule has 0 fully saturated rings. The highest BCUT2D eigenvalue weighted by molar-refractivity contribution is 7.90. The van der Waals surface area contributed by atoms with Gasteiger partial charge in [-0.1, -0.05) is 18.2 Å². The average molecular weight is 315 g/mol. The molecule has 0 atom stereocenters. The third kappa shape index (κ3) is 2.17. The van der Waals surface area contributed by atoms with Crippen LogP contribution in [0.25, 0.3) is 10.9 Å². The lowest BCUT2D eigenvalue weighted by Crippen LogP contribution is -2.15. The number of hydrogen-bond donors (Lipinski definition) is 0. The van der Waals surface area contributed by atoms with Crippen LogP contribution in [0.4, 0.5) is 0 Å². The summed E-state index contributed by atoms with van der Waals surface area (Å²) >= 11 is 0.